The van der Waals surface area contributed by atoms with Crippen molar-refractivity contribution in [1.82, 2.24) is 10.2 Å². The first-order valence-electron chi connectivity index (χ1n) is 3.17. The Kier molecular flexibility index (Phi) is 5.63. The van der Waals surface area contributed by atoms with Crippen molar-refractivity contribution in [3.8, 4) is 0 Å². The molecular formula is C6H12N2S2. The maximum absolute atomic E-state index is 3.87. The molecule has 0 amide bonds. The lowest BCUT2D eigenvalue weighted by atomic mass is 10.9. The van der Waals surface area contributed by atoms with Crippen LogP contribution in [0, 0.1) is 6.92 Å². The van der Waals surface area contributed by atoms with Gasteiger partial charge in [0.2, 0.25) is 0 Å². The van der Waals surface area contributed by atoms with Crippen LogP contribution < -0.4 is 0 Å². The van der Waals surface area contributed by atoms with Crippen LogP contribution in [-0.2, 0) is 0 Å². The Morgan fingerprint density at radius 1 is 1.30 bits per heavy atom. The zero-order valence-corrected chi connectivity index (χ0v) is 8.34. The second-order valence-corrected chi connectivity index (χ2v) is 3.53. The average Bonchev–Trinajstić information content (AvgIpc) is 2.40. The molecule has 4 heteroatoms. The predicted octanol–water partition coefficient (Wildman–Crippen LogP) is 2.59. The van der Waals surface area contributed by atoms with Crippen LogP contribution in [0.2, 0.25) is 0 Å². The smallest absolute Gasteiger partial charge is 0.143 e. The summed E-state index contributed by atoms with van der Waals surface area (Å²) in [5, 5.41) is 8.74. The fourth-order valence-electron chi connectivity index (χ4n) is 0.361. The van der Waals surface area contributed by atoms with Crippen LogP contribution in [0.25, 0.3) is 0 Å². The molecule has 0 aliphatic heterocycles. The van der Waals surface area contributed by atoms with E-state index in [1.54, 1.807) is 23.1 Å². The van der Waals surface area contributed by atoms with E-state index in [4.69, 9.17) is 0 Å². The van der Waals surface area contributed by atoms with Crippen molar-refractivity contribution in [2.45, 2.75) is 25.1 Å². The van der Waals surface area contributed by atoms with E-state index in [2.05, 4.69) is 10.2 Å². The summed E-state index contributed by atoms with van der Waals surface area (Å²) in [6.45, 7) is 5.96. The molecule has 0 aliphatic rings. The molecule has 1 heterocycles. The predicted molar refractivity (Wildman–Crippen MR) is 47.8 cm³/mol. The van der Waals surface area contributed by atoms with E-state index in [1.807, 2.05) is 27.0 Å². The first-order chi connectivity index (χ1) is 4.83. The molecule has 2 nitrogen and oxygen atoms in total. The van der Waals surface area contributed by atoms with Gasteiger partial charge >= 0.3 is 0 Å². The molecule has 0 spiro atoms. The standard InChI is InChI=1S/C4H6N2S2.C2H6/c1-3-5-6-4(7-2)8-3;1-2/h1-2H3;1-2H3. The molecule has 1 rings (SSSR count). The Morgan fingerprint density at radius 2 is 1.90 bits per heavy atom. The highest BCUT2D eigenvalue weighted by Crippen LogP contribution is 2.17. The molecule has 0 saturated carbocycles. The van der Waals surface area contributed by atoms with Gasteiger partial charge in [0.15, 0.2) is 4.34 Å². The lowest BCUT2D eigenvalue weighted by molar-refractivity contribution is 0.985. The molecule has 0 unspecified atom stereocenters. The molecule has 0 atom stereocenters. The summed E-state index contributed by atoms with van der Waals surface area (Å²) in [5.41, 5.74) is 0. The van der Waals surface area contributed by atoms with Crippen molar-refractivity contribution in [2.75, 3.05) is 6.26 Å². The fraction of sp³-hybridized carbons (Fsp3) is 0.667. The first kappa shape index (κ1) is 9.91. The van der Waals surface area contributed by atoms with Gasteiger partial charge in [0, 0.05) is 0 Å². The highest BCUT2D eigenvalue weighted by Gasteiger charge is 1.94. The molecule has 1 aromatic heterocycles. The quantitative estimate of drug-likeness (QED) is 0.615. The maximum Gasteiger partial charge on any atom is 0.174 e. The molecular weight excluding hydrogens is 164 g/mol. The zero-order chi connectivity index (χ0) is 7.98. The van der Waals surface area contributed by atoms with E-state index < -0.39 is 0 Å². The van der Waals surface area contributed by atoms with Gasteiger partial charge in [-0.15, -0.1) is 10.2 Å². The summed E-state index contributed by atoms with van der Waals surface area (Å²) in [6, 6.07) is 0. The monoisotopic (exact) mass is 176 g/mol. The topological polar surface area (TPSA) is 25.8 Å². The van der Waals surface area contributed by atoms with Crippen LogP contribution in [0.15, 0.2) is 4.34 Å². The minimum absolute atomic E-state index is 1.04. The third-order valence-electron chi connectivity index (χ3n) is 0.682. The Bertz CT molecular complexity index is 174. The Balaban J connectivity index is 0.000000371. The van der Waals surface area contributed by atoms with Gasteiger partial charge in [-0.25, -0.2) is 0 Å². The maximum atomic E-state index is 3.87. The van der Waals surface area contributed by atoms with Crippen molar-refractivity contribution in [1.29, 1.82) is 0 Å². The molecule has 0 saturated heterocycles. The average molecular weight is 176 g/mol. The van der Waals surface area contributed by atoms with E-state index in [0.29, 0.717) is 0 Å². The largest absolute Gasteiger partial charge is 0.174 e. The van der Waals surface area contributed by atoms with Gasteiger partial charge in [-0.1, -0.05) is 36.9 Å². The van der Waals surface area contributed by atoms with Crippen LogP contribution in [0.5, 0.6) is 0 Å². The summed E-state index contributed by atoms with van der Waals surface area (Å²) in [7, 11) is 0. The van der Waals surface area contributed by atoms with E-state index in [-0.39, 0.29) is 0 Å². The van der Waals surface area contributed by atoms with Gasteiger partial charge in [0.05, 0.1) is 0 Å². The summed E-state index contributed by atoms with van der Waals surface area (Å²) in [5.74, 6) is 0. The lowest BCUT2D eigenvalue weighted by Crippen LogP contribution is -1.67. The van der Waals surface area contributed by atoms with Crippen LogP contribution in [-0.4, -0.2) is 16.5 Å². The SMILES string of the molecule is CC.CSc1nnc(C)s1. The van der Waals surface area contributed by atoms with Crippen molar-refractivity contribution >= 4 is 23.1 Å². The molecule has 0 bridgehead atoms. The zero-order valence-electron chi connectivity index (χ0n) is 6.71. The highest BCUT2D eigenvalue weighted by molar-refractivity contribution is 8.00. The highest BCUT2D eigenvalue weighted by atomic mass is 32.2. The molecule has 0 aliphatic carbocycles. The van der Waals surface area contributed by atoms with Crippen molar-refractivity contribution in [3.63, 3.8) is 0 Å². The summed E-state index contributed by atoms with van der Waals surface area (Å²) < 4.78 is 1.04. The van der Waals surface area contributed by atoms with Crippen LogP contribution in [0.4, 0.5) is 0 Å². The molecule has 0 aromatic carbocycles. The number of aromatic nitrogens is 2. The molecule has 58 valence electrons. The van der Waals surface area contributed by atoms with E-state index in [0.717, 1.165) is 9.35 Å². The number of nitrogens with zero attached hydrogens (tertiary/aromatic N) is 2. The fourth-order valence-corrected chi connectivity index (χ4v) is 1.59. The number of hydrogen-bond donors (Lipinski definition) is 0. The first-order valence-corrected chi connectivity index (χ1v) is 5.21. The van der Waals surface area contributed by atoms with Crippen LogP contribution in [0.1, 0.15) is 18.9 Å². The van der Waals surface area contributed by atoms with E-state index in [1.165, 1.54) is 0 Å². The van der Waals surface area contributed by atoms with Gasteiger partial charge in [-0.3, -0.25) is 0 Å². The number of thioether (sulfide) groups is 1. The Labute approximate surface area is 70.1 Å². The van der Waals surface area contributed by atoms with Gasteiger partial charge in [0.1, 0.15) is 5.01 Å². The minimum atomic E-state index is 1.04. The third kappa shape index (κ3) is 3.17. The molecule has 1 aromatic rings. The normalized spacial score (nSPS) is 8.40. The van der Waals surface area contributed by atoms with E-state index in [9.17, 15) is 0 Å². The number of aryl methyl sites for hydroxylation is 1. The lowest BCUT2D eigenvalue weighted by Gasteiger charge is -1.75. The Morgan fingerprint density at radius 3 is 2.10 bits per heavy atom. The molecule has 10 heavy (non-hydrogen) atoms. The van der Waals surface area contributed by atoms with Gasteiger partial charge < -0.3 is 0 Å². The minimum Gasteiger partial charge on any atom is -0.143 e. The third-order valence-corrected chi connectivity index (χ3v) is 2.50. The molecule has 0 radical (unpaired) electrons. The number of rotatable bonds is 1. The van der Waals surface area contributed by atoms with Gasteiger partial charge in [-0.05, 0) is 13.2 Å². The van der Waals surface area contributed by atoms with Gasteiger partial charge in [-0.2, -0.15) is 0 Å². The summed E-state index contributed by atoms with van der Waals surface area (Å²) in [6.07, 6.45) is 2.00. The second kappa shape index (κ2) is 5.68. The Hall–Kier alpha value is -0.0900. The van der Waals surface area contributed by atoms with Crippen molar-refractivity contribution in [2.24, 2.45) is 0 Å². The molecule has 0 fully saturated rings. The van der Waals surface area contributed by atoms with Crippen LogP contribution in [0.3, 0.4) is 0 Å². The number of hydrogen-bond acceptors (Lipinski definition) is 4. The summed E-state index contributed by atoms with van der Waals surface area (Å²) in [4.78, 5) is 0. The van der Waals surface area contributed by atoms with Gasteiger partial charge in [0.25, 0.3) is 0 Å². The summed E-state index contributed by atoms with van der Waals surface area (Å²) >= 11 is 3.26. The van der Waals surface area contributed by atoms with E-state index >= 15 is 0 Å². The van der Waals surface area contributed by atoms with Crippen molar-refractivity contribution in [3.05, 3.63) is 5.01 Å². The molecule has 0 N–H and O–H groups in total. The van der Waals surface area contributed by atoms with Crippen molar-refractivity contribution < 1.29 is 0 Å². The second-order valence-electron chi connectivity index (χ2n) is 1.29. The van der Waals surface area contributed by atoms with Crippen LogP contribution >= 0.6 is 23.1 Å².